The van der Waals surface area contributed by atoms with Crippen molar-refractivity contribution in [1.82, 2.24) is 0 Å². The number of aryl methyl sites for hydroxylation is 2. The van der Waals surface area contributed by atoms with Gasteiger partial charge in [-0.1, -0.05) is 23.7 Å². The molecule has 0 unspecified atom stereocenters. The number of hydrogen-bond donors (Lipinski definition) is 2. The maximum absolute atomic E-state index is 12.4. The van der Waals surface area contributed by atoms with E-state index >= 15 is 0 Å². The second-order valence-electron chi connectivity index (χ2n) is 4.81. The van der Waals surface area contributed by atoms with Crippen molar-refractivity contribution in [2.75, 3.05) is 4.72 Å². The predicted molar refractivity (Wildman–Crippen MR) is 84.1 cm³/mol. The number of rotatable bonds is 4. The number of halogens is 1. The fourth-order valence-corrected chi connectivity index (χ4v) is 3.24. The molecule has 0 aliphatic carbocycles. The van der Waals surface area contributed by atoms with E-state index in [0.717, 1.165) is 11.1 Å². The van der Waals surface area contributed by atoms with Gasteiger partial charge in [0.2, 0.25) is 0 Å². The van der Waals surface area contributed by atoms with E-state index in [1.165, 1.54) is 12.1 Å². The molecule has 0 aromatic heterocycles. The zero-order valence-corrected chi connectivity index (χ0v) is 13.3. The third-order valence-electron chi connectivity index (χ3n) is 3.25. The summed E-state index contributed by atoms with van der Waals surface area (Å²) in [6, 6.07) is 9.66. The fraction of sp³-hybridized carbons (Fsp3) is 0.200. The van der Waals surface area contributed by atoms with Crippen LogP contribution in [0.5, 0.6) is 0 Å². The molecule has 0 saturated heterocycles. The van der Waals surface area contributed by atoms with Crippen LogP contribution in [0.25, 0.3) is 0 Å². The standard InChI is InChI=1S/C15H16ClNO3S/c1-10-4-6-14(7-12(10)9-18)21(19,20)17-15-8-13(16)5-3-11(15)2/h3-8,17-18H,9H2,1-2H3. The van der Waals surface area contributed by atoms with Crippen molar-refractivity contribution >= 4 is 27.3 Å². The quantitative estimate of drug-likeness (QED) is 0.906. The van der Waals surface area contributed by atoms with Crippen molar-refractivity contribution in [3.63, 3.8) is 0 Å². The van der Waals surface area contributed by atoms with Gasteiger partial charge in [-0.05, 0) is 54.8 Å². The molecule has 6 heteroatoms. The van der Waals surface area contributed by atoms with Crippen molar-refractivity contribution in [3.05, 3.63) is 58.1 Å². The summed E-state index contributed by atoms with van der Waals surface area (Å²) in [6.45, 7) is 3.41. The Morgan fingerprint density at radius 3 is 2.43 bits per heavy atom. The van der Waals surface area contributed by atoms with Gasteiger partial charge < -0.3 is 5.11 Å². The first-order valence-corrected chi connectivity index (χ1v) is 8.19. The molecule has 112 valence electrons. The number of benzene rings is 2. The summed E-state index contributed by atoms with van der Waals surface area (Å²) in [6.07, 6.45) is 0. The van der Waals surface area contributed by atoms with E-state index in [1.54, 1.807) is 31.2 Å². The molecule has 21 heavy (non-hydrogen) atoms. The van der Waals surface area contributed by atoms with Crippen LogP contribution in [0.15, 0.2) is 41.3 Å². The van der Waals surface area contributed by atoms with Gasteiger partial charge in [0.15, 0.2) is 0 Å². The second-order valence-corrected chi connectivity index (χ2v) is 6.93. The molecule has 2 N–H and O–H groups in total. The Morgan fingerprint density at radius 2 is 1.76 bits per heavy atom. The van der Waals surface area contributed by atoms with Gasteiger partial charge in [0.25, 0.3) is 10.0 Å². The van der Waals surface area contributed by atoms with Crippen molar-refractivity contribution in [1.29, 1.82) is 0 Å². The lowest BCUT2D eigenvalue weighted by Gasteiger charge is -2.12. The van der Waals surface area contributed by atoms with Crippen molar-refractivity contribution in [2.24, 2.45) is 0 Å². The Morgan fingerprint density at radius 1 is 1.10 bits per heavy atom. The molecule has 4 nitrogen and oxygen atoms in total. The van der Waals surface area contributed by atoms with E-state index < -0.39 is 10.0 Å². The van der Waals surface area contributed by atoms with Crippen molar-refractivity contribution in [3.8, 4) is 0 Å². The molecule has 0 aliphatic heterocycles. The van der Waals surface area contributed by atoms with E-state index in [-0.39, 0.29) is 11.5 Å². The molecule has 0 heterocycles. The summed E-state index contributed by atoms with van der Waals surface area (Å²) in [5.74, 6) is 0. The molecule has 0 aliphatic rings. The van der Waals surface area contributed by atoms with Crippen LogP contribution >= 0.6 is 11.6 Å². The lowest BCUT2D eigenvalue weighted by atomic mass is 10.1. The average Bonchev–Trinajstić information content (AvgIpc) is 2.43. The zero-order chi connectivity index (χ0) is 15.6. The summed E-state index contributed by atoms with van der Waals surface area (Å²) in [4.78, 5) is 0.108. The normalized spacial score (nSPS) is 11.4. The molecule has 0 amide bonds. The second kappa shape index (κ2) is 6.05. The largest absolute Gasteiger partial charge is 0.392 e. The van der Waals surface area contributed by atoms with Gasteiger partial charge in [0, 0.05) is 5.02 Å². The van der Waals surface area contributed by atoms with Gasteiger partial charge in [-0.15, -0.1) is 0 Å². The first kappa shape index (κ1) is 15.8. The summed E-state index contributed by atoms with van der Waals surface area (Å²) >= 11 is 5.89. The molecule has 0 spiro atoms. The van der Waals surface area contributed by atoms with Crippen LogP contribution in [0.1, 0.15) is 16.7 Å². The minimum absolute atomic E-state index is 0.108. The summed E-state index contributed by atoms with van der Waals surface area (Å²) < 4.78 is 27.3. The van der Waals surface area contributed by atoms with Gasteiger partial charge in [0.1, 0.15) is 0 Å². The Balaban J connectivity index is 2.41. The Labute approximate surface area is 129 Å². The van der Waals surface area contributed by atoms with E-state index in [4.69, 9.17) is 11.6 Å². The third kappa shape index (κ3) is 3.56. The van der Waals surface area contributed by atoms with Gasteiger partial charge in [-0.25, -0.2) is 8.42 Å². The molecule has 0 radical (unpaired) electrons. The number of aliphatic hydroxyl groups excluding tert-OH is 1. The van der Waals surface area contributed by atoms with Crippen LogP contribution in [0, 0.1) is 13.8 Å². The van der Waals surface area contributed by atoms with Gasteiger partial charge >= 0.3 is 0 Å². The zero-order valence-electron chi connectivity index (χ0n) is 11.7. The van der Waals surface area contributed by atoms with Crippen LogP contribution < -0.4 is 4.72 Å². The van der Waals surface area contributed by atoms with E-state index in [0.29, 0.717) is 16.3 Å². The number of sulfonamides is 1. The fourth-order valence-electron chi connectivity index (χ4n) is 1.89. The molecular formula is C15H16ClNO3S. The number of anilines is 1. The maximum atomic E-state index is 12.4. The van der Waals surface area contributed by atoms with Gasteiger partial charge in [0.05, 0.1) is 17.2 Å². The third-order valence-corrected chi connectivity index (χ3v) is 4.84. The highest BCUT2D eigenvalue weighted by atomic mass is 35.5. The van der Waals surface area contributed by atoms with Crippen LogP contribution in [-0.4, -0.2) is 13.5 Å². The van der Waals surface area contributed by atoms with Gasteiger partial charge in [-0.2, -0.15) is 0 Å². The lowest BCUT2D eigenvalue weighted by Crippen LogP contribution is -2.14. The smallest absolute Gasteiger partial charge is 0.261 e. The predicted octanol–water partition coefficient (Wildman–Crippen LogP) is 3.25. The minimum Gasteiger partial charge on any atom is -0.392 e. The highest BCUT2D eigenvalue weighted by molar-refractivity contribution is 7.92. The highest BCUT2D eigenvalue weighted by Gasteiger charge is 2.16. The molecule has 2 rings (SSSR count). The molecule has 2 aromatic rings. The van der Waals surface area contributed by atoms with Crippen LogP contribution in [0.4, 0.5) is 5.69 Å². The topological polar surface area (TPSA) is 66.4 Å². The van der Waals surface area contributed by atoms with E-state index in [2.05, 4.69) is 4.72 Å². The van der Waals surface area contributed by atoms with Crippen molar-refractivity contribution < 1.29 is 13.5 Å². The van der Waals surface area contributed by atoms with Gasteiger partial charge in [-0.3, -0.25) is 4.72 Å². The number of aliphatic hydroxyl groups is 1. The Kier molecular flexibility index (Phi) is 4.56. The number of hydrogen-bond acceptors (Lipinski definition) is 3. The molecule has 0 atom stereocenters. The lowest BCUT2D eigenvalue weighted by molar-refractivity contribution is 0.281. The van der Waals surface area contributed by atoms with Crippen LogP contribution in [0.2, 0.25) is 5.02 Å². The monoisotopic (exact) mass is 325 g/mol. The number of nitrogens with one attached hydrogen (secondary N) is 1. The van der Waals surface area contributed by atoms with Crippen LogP contribution in [-0.2, 0) is 16.6 Å². The summed E-state index contributed by atoms with van der Waals surface area (Å²) in [5.41, 5.74) is 2.64. The molecule has 2 aromatic carbocycles. The molecule has 0 fully saturated rings. The van der Waals surface area contributed by atoms with Crippen molar-refractivity contribution in [2.45, 2.75) is 25.3 Å². The Bertz CT molecular complexity index is 772. The molecular weight excluding hydrogens is 310 g/mol. The average molecular weight is 326 g/mol. The van der Waals surface area contributed by atoms with E-state index in [9.17, 15) is 13.5 Å². The first-order valence-electron chi connectivity index (χ1n) is 6.33. The Hall–Kier alpha value is -1.56. The van der Waals surface area contributed by atoms with Crippen LogP contribution in [0.3, 0.4) is 0 Å². The SMILES string of the molecule is Cc1ccc(S(=O)(=O)Nc2cc(Cl)ccc2C)cc1CO. The summed E-state index contributed by atoms with van der Waals surface area (Å²) in [5, 5.41) is 9.70. The van der Waals surface area contributed by atoms with E-state index in [1.807, 2.05) is 6.92 Å². The summed E-state index contributed by atoms with van der Waals surface area (Å²) in [7, 11) is -3.72. The highest BCUT2D eigenvalue weighted by Crippen LogP contribution is 2.24. The first-order chi connectivity index (χ1) is 9.83. The molecule has 0 bridgehead atoms. The maximum Gasteiger partial charge on any atom is 0.261 e. The molecule has 0 saturated carbocycles. The minimum atomic E-state index is -3.72.